The van der Waals surface area contributed by atoms with Gasteiger partial charge in [0, 0.05) is 43.3 Å². The van der Waals surface area contributed by atoms with Crippen molar-refractivity contribution in [1.29, 1.82) is 0 Å². The Bertz CT molecular complexity index is 3440. The van der Waals surface area contributed by atoms with Crippen molar-refractivity contribution in [2.75, 3.05) is 0 Å². The van der Waals surface area contributed by atoms with Crippen LogP contribution in [0, 0.1) is 0 Å². The summed E-state index contributed by atoms with van der Waals surface area (Å²) in [5, 5.41) is 7.50. The highest BCUT2D eigenvalue weighted by molar-refractivity contribution is 8.26. The Labute approximate surface area is 349 Å². The molecule has 13 rings (SSSR count). The molecule has 0 bridgehead atoms. The van der Waals surface area contributed by atoms with Crippen molar-refractivity contribution in [3.8, 4) is 67.5 Å². The van der Waals surface area contributed by atoms with Gasteiger partial charge in [-0.1, -0.05) is 139 Å². The normalized spacial score (nSPS) is 13.5. The summed E-state index contributed by atoms with van der Waals surface area (Å²) in [6.07, 6.45) is 0. The second-order valence-electron chi connectivity index (χ2n) is 15.5. The Balaban J connectivity index is 0.890. The molecule has 4 nitrogen and oxygen atoms in total. The van der Waals surface area contributed by atoms with Gasteiger partial charge in [-0.25, -0.2) is 0 Å². The summed E-state index contributed by atoms with van der Waals surface area (Å²) >= 11 is 6.92. The van der Waals surface area contributed by atoms with Crippen LogP contribution >= 0.6 is 6.04 Å². The Kier molecular flexibility index (Phi) is 7.13. The number of fused-ring (bicyclic) bond motifs is 10. The molecule has 6 heteroatoms. The Morgan fingerprint density at radius 1 is 0.333 bits per heavy atom. The molecule has 0 radical (unpaired) electrons. The highest BCUT2D eigenvalue weighted by Gasteiger charge is 2.42. The standard InChI is InChI=1S/C54H31O4PS/c60-59-50-26-24-34(32-10-5-12-36(28-32)38-16-7-18-42-40-14-1-3-20-44(40)57-52(38)42)30-48(50)55-46-22-9-23-47(54(46)59)56-49-31-35(25-27-51(49)59)33-11-6-13-37(29-33)39-17-8-19-43-41-15-2-4-21-45(41)58-53(39)43/h1-31H. The lowest BCUT2D eigenvalue weighted by molar-refractivity contribution is 0.466. The fourth-order valence-corrected chi connectivity index (χ4v) is 13.8. The number of hydrogen-bond acceptors (Lipinski definition) is 5. The molecule has 0 saturated heterocycles. The number of ether oxygens (including phenoxy) is 2. The molecule has 0 atom stereocenters. The average molecular weight is 807 g/mol. The van der Waals surface area contributed by atoms with Crippen molar-refractivity contribution in [1.82, 2.24) is 0 Å². The van der Waals surface area contributed by atoms with E-state index in [2.05, 4.69) is 146 Å². The summed E-state index contributed by atoms with van der Waals surface area (Å²) < 4.78 is 26.3. The molecule has 4 heterocycles. The molecule has 2 aliphatic heterocycles. The highest BCUT2D eigenvalue weighted by atomic mass is 32.4. The van der Waals surface area contributed by atoms with Gasteiger partial charge in [0.05, 0.1) is 11.3 Å². The van der Waals surface area contributed by atoms with E-state index >= 15 is 0 Å². The van der Waals surface area contributed by atoms with Gasteiger partial charge in [-0.3, -0.25) is 0 Å². The number of benzene rings is 9. The maximum Gasteiger partial charge on any atom is 0.143 e. The quantitative estimate of drug-likeness (QED) is 0.166. The lowest BCUT2D eigenvalue weighted by Gasteiger charge is -2.37. The topological polar surface area (TPSA) is 44.7 Å². The SMILES string of the molecule is S=P12c3ccc(-c4cccc(-c5cccc6c5oc5ccccc56)c4)cc3Oc3cccc(c31)Oc1cc(-c3cccc(-c4cccc5c4oc4ccccc45)c3)ccc12. The van der Waals surface area contributed by atoms with Gasteiger partial charge in [-0.15, -0.1) is 0 Å². The fourth-order valence-electron chi connectivity index (χ4n) is 9.34. The molecule has 0 amide bonds. The van der Waals surface area contributed by atoms with Gasteiger partial charge in [-0.05, 0) is 94.0 Å². The highest BCUT2D eigenvalue weighted by Crippen LogP contribution is 2.59. The summed E-state index contributed by atoms with van der Waals surface area (Å²) in [4.78, 5) is 0. The van der Waals surface area contributed by atoms with Crippen LogP contribution < -0.4 is 25.4 Å². The first-order chi connectivity index (χ1) is 29.6. The maximum atomic E-state index is 6.92. The molecule has 9 aromatic carbocycles. The molecular formula is C54H31O4PS. The predicted molar refractivity (Wildman–Crippen MR) is 249 cm³/mol. The van der Waals surface area contributed by atoms with Crippen molar-refractivity contribution in [2.45, 2.75) is 0 Å². The monoisotopic (exact) mass is 806 g/mol. The molecule has 0 saturated carbocycles. The van der Waals surface area contributed by atoms with Gasteiger partial charge in [-0.2, -0.15) is 0 Å². The number of hydrogen-bond donors (Lipinski definition) is 0. The third-order valence-corrected chi connectivity index (χ3v) is 17.0. The van der Waals surface area contributed by atoms with E-state index in [4.69, 9.17) is 30.1 Å². The minimum Gasteiger partial charge on any atom is -0.456 e. The predicted octanol–water partition coefficient (Wildman–Crippen LogP) is 14.1. The van der Waals surface area contributed by atoms with Crippen LogP contribution in [0.15, 0.2) is 197 Å². The zero-order chi connectivity index (χ0) is 39.5. The van der Waals surface area contributed by atoms with Crippen LogP contribution in [0.25, 0.3) is 88.4 Å². The van der Waals surface area contributed by atoms with Gasteiger partial charge in [0.1, 0.15) is 45.3 Å². The molecule has 11 aromatic rings. The van der Waals surface area contributed by atoms with Crippen molar-refractivity contribution in [2.24, 2.45) is 0 Å². The van der Waals surface area contributed by atoms with Gasteiger partial charge < -0.3 is 18.3 Å². The molecule has 282 valence electrons. The average Bonchev–Trinajstić information content (AvgIpc) is 3.88. The zero-order valence-corrected chi connectivity index (χ0v) is 33.6. The zero-order valence-electron chi connectivity index (χ0n) is 31.9. The van der Waals surface area contributed by atoms with Crippen LogP contribution in [0.5, 0.6) is 23.0 Å². The van der Waals surface area contributed by atoms with Crippen LogP contribution in [0.3, 0.4) is 0 Å². The van der Waals surface area contributed by atoms with Crippen LogP contribution in [-0.2, 0) is 11.8 Å². The summed E-state index contributed by atoms with van der Waals surface area (Å²) in [5.74, 6) is 3.09. The summed E-state index contributed by atoms with van der Waals surface area (Å²) in [6, 6.07) is 62.9. The molecule has 0 fully saturated rings. The van der Waals surface area contributed by atoms with Gasteiger partial charge >= 0.3 is 0 Å². The van der Waals surface area contributed by atoms with E-state index in [9.17, 15) is 0 Å². The van der Waals surface area contributed by atoms with Crippen LogP contribution in [0.4, 0.5) is 0 Å². The first-order valence-electron chi connectivity index (χ1n) is 20.0. The number of para-hydroxylation sites is 4. The van der Waals surface area contributed by atoms with E-state index in [0.717, 1.165) is 127 Å². The molecule has 60 heavy (non-hydrogen) atoms. The van der Waals surface area contributed by atoms with Crippen molar-refractivity contribution < 1.29 is 18.3 Å². The van der Waals surface area contributed by atoms with E-state index in [1.54, 1.807) is 0 Å². The second kappa shape index (κ2) is 12.7. The second-order valence-corrected chi connectivity index (χ2v) is 19.8. The molecule has 0 N–H and O–H groups in total. The molecule has 2 aliphatic rings. The van der Waals surface area contributed by atoms with Crippen LogP contribution in [-0.4, -0.2) is 0 Å². The van der Waals surface area contributed by atoms with Gasteiger partial charge in [0.25, 0.3) is 0 Å². The van der Waals surface area contributed by atoms with Crippen molar-refractivity contribution in [3.63, 3.8) is 0 Å². The molecule has 0 spiro atoms. The van der Waals surface area contributed by atoms with Crippen LogP contribution in [0.1, 0.15) is 0 Å². The number of furan rings is 2. The lowest BCUT2D eigenvalue weighted by atomic mass is 9.97. The molecule has 0 unspecified atom stereocenters. The largest absolute Gasteiger partial charge is 0.456 e. The van der Waals surface area contributed by atoms with Crippen molar-refractivity contribution in [3.05, 3.63) is 188 Å². The lowest BCUT2D eigenvalue weighted by Crippen LogP contribution is -2.34. The number of rotatable bonds is 4. The van der Waals surface area contributed by atoms with E-state index in [-0.39, 0.29) is 0 Å². The molecular weight excluding hydrogens is 776 g/mol. The van der Waals surface area contributed by atoms with Crippen LogP contribution in [0.2, 0.25) is 0 Å². The van der Waals surface area contributed by atoms with E-state index in [1.165, 1.54) is 0 Å². The molecule has 2 aromatic heterocycles. The van der Waals surface area contributed by atoms with Gasteiger partial charge in [0.15, 0.2) is 0 Å². The minimum absolute atomic E-state index is 0.757. The summed E-state index contributed by atoms with van der Waals surface area (Å²) in [5.41, 5.74) is 12.1. The first kappa shape index (κ1) is 33.8. The maximum absolute atomic E-state index is 6.92. The first-order valence-corrected chi connectivity index (χ1v) is 22.8. The third-order valence-electron chi connectivity index (χ3n) is 12.1. The smallest absolute Gasteiger partial charge is 0.143 e. The third kappa shape index (κ3) is 4.88. The minimum atomic E-state index is -2.58. The van der Waals surface area contributed by atoms with Crippen molar-refractivity contribution >= 4 is 77.6 Å². The molecule has 0 aliphatic carbocycles. The van der Waals surface area contributed by atoms with Gasteiger partial charge in [0.2, 0.25) is 0 Å². The summed E-state index contributed by atoms with van der Waals surface area (Å²) in [7, 11) is 0. The van der Waals surface area contributed by atoms with E-state index < -0.39 is 6.04 Å². The Hall–Kier alpha value is -7.17. The van der Waals surface area contributed by atoms with E-state index in [0.29, 0.717) is 0 Å². The Morgan fingerprint density at radius 2 is 0.750 bits per heavy atom. The van der Waals surface area contributed by atoms with E-state index in [1.807, 2.05) is 42.5 Å². The summed E-state index contributed by atoms with van der Waals surface area (Å²) in [6.45, 7) is 0. The fraction of sp³-hybridized carbons (Fsp3) is 0. The Morgan fingerprint density at radius 3 is 1.27 bits per heavy atom.